The molecule has 2 aliphatic rings. The van der Waals surface area contributed by atoms with Crippen molar-refractivity contribution in [2.75, 3.05) is 39.4 Å². The Balaban J connectivity index is 1.52. The molecule has 0 aliphatic carbocycles. The first kappa shape index (κ1) is 15.8. The molecule has 2 atom stereocenters. The fourth-order valence-electron chi connectivity index (χ4n) is 3.33. The van der Waals surface area contributed by atoms with E-state index < -0.39 is 0 Å². The lowest BCUT2D eigenvalue weighted by Gasteiger charge is -2.31. The van der Waals surface area contributed by atoms with Crippen LogP contribution in [0.3, 0.4) is 0 Å². The molecule has 1 N–H and O–H groups in total. The van der Waals surface area contributed by atoms with Crippen molar-refractivity contribution in [3.05, 3.63) is 22.4 Å². The Hall–Kier alpha value is -1.11. The van der Waals surface area contributed by atoms with Gasteiger partial charge in [0.2, 0.25) is 0 Å². The highest BCUT2D eigenvalue weighted by Gasteiger charge is 2.30. The van der Waals surface area contributed by atoms with Crippen LogP contribution < -0.4 is 5.32 Å². The molecule has 2 fully saturated rings. The fraction of sp³-hybridized carbons (Fsp3) is 0.688. The Kier molecular flexibility index (Phi) is 5.33. The maximum Gasteiger partial charge on any atom is 0.318 e. The Morgan fingerprint density at radius 2 is 2.27 bits per heavy atom. The highest BCUT2D eigenvalue weighted by atomic mass is 32.1. The van der Waals surface area contributed by atoms with Gasteiger partial charge in [-0.2, -0.15) is 11.3 Å². The maximum atomic E-state index is 12.6. The van der Waals surface area contributed by atoms with Crippen molar-refractivity contribution in [2.45, 2.75) is 31.8 Å². The molecule has 1 aromatic heterocycles. The first-order valence-corrected chi connectivity index (χ1v) is 9.07. The number of hydrogen-bond donors (Lipinski definition) is 1. The van der Waals surface area contributed by atoms with Crippen LogP contribution in [0.15, 0.2) is 16.8 Å². The van der Waals surface area contributed by atoms with Gasteiger partial charge in [0.15, 0.2) is 0 Å². The molecule has 0 unspecified atom stereocenters. The van der Waals surface area contributed by atoms with Crippen molar-refractivity contribution in [2.24, 2.45) is 0 Å². The van der Waals surface area contributed by atoms with Gasteiger partial charge in [-0.1, -0.05) is 0 Å². The number of ether oxygens (including phenoxy) is 1. The van der Waals surface area contributed by atoms with Gasteiger partial charge in [-0.05, 0) is 42.2 Å². The first-order valence-electron chi connectivity index (χ1n) is 8.13. The van der Waals surface area contributed by atoms with Crippen LogP contribution in [0.2, 0.25) is 0 Å². The van der Waals surface area contributed by atoms with E-state index in [9.17, 15) is 4.79 Å². The number of carbonyl (C=O) groups is 1. The number of carbonyl (C=O) groups excluding carboxylic acids is 1. The molecule has 0 radical (unpaired) electrons. The maximum absolute atomic E-state index is 12.6. The summed E-state index contributed by atoms with van der Waals surface area (Å²) in [6.07, 6.45) is 2.16. The summed E-state index contributed by atoms with van der Waals surface area (Å²) in [6, 6.07) is 2.63. The van der Waals surface area contributed by atoms with Gasteiger partial charge in [-0.25, -0.2) is 4.79 Å². The predicted octanol–water partition coefficient (Wildman–Crippen LogP) is 2.32. The van der Waals surface area contributed by atoms with Crippen LogP contribution in [0.4, 0.5) is 4.79 Å². The molecule has 5 nitrogen and oxygen atoms in total. The van der Waals surface area contributed by atoms with Crippen molar-refractivity contribution < 1.29 is 9.53 Å². The molecular formula is C16H25N3O2S. The summed E-state index contributed by atoms with van der Waals surface area (Å²) in [5.74, 6) is 0. The zero-order valence-electron chi connectivity index (χ0n) is 13.2. The van der Waals surface area contributed by atoms with Gasteiger partial charge in [-0.3, -0.25) is 4.90 Å². The van der Waals surface area contributed by atoms with E-state index in [4.69, 9.17) is 4.74 Å². The molecular weight excluding hydrogens is 298 g/mol. The number of likely N-dealkylation sites (tertiary alicyclic amines) is 1. The summed E-state index contributed by atoms with van der Waals surface area (Å²) in [5, 5.41) is 7.42. The minimum Gasteiger partial charge on any atom is -0.379 e. The molecule has 0 aromatic carbocycles. The van der Waals surface area contributed by atoms with Gasteiger partial charge in [0.25, 0.3) is 0 Å². The van der Waals surface area contributed by atoms with E-state index >= 15 is 0 Å². The Morgan fingerprint density at radius 1 is 1.45 bits per heavy atom. The van der Waals surface area contributed by atoms with Crippen molar-refractivity contribution in [3.8, 4) is 0 Å². The topological polar surface area (TPSA) is 44.8 Å². The van der Waals surface area contributed by atoms with Gasteiger partial charge >= 0.3 is 6.03 Å². The second-order valence-corrected chi connectivity index (χ2v) is 6.95. The third-order valence-corrected chi connectivity index (χ3v) is 5.15. The van der Waals surface area contributed by atoms with Gasteiger partial charge in [0.05, 0.1) is 19.3 Å². The van der Waals surface area contributed by atoms with Crippen molar-refractivity contribution in [1.29, 1.82) is 0 Å². The quantitative estimate of drug-likeness (QED) is 0.925. The summed E-state index contributed by atoms with van der Waals surface area (Å²) in [4.78, 5) is 16.9. The number of thiophene rings is 1. The summed E-state index contributed by atoms with van der Waals surface area (Å²) in [5.41, 5.74) is 1.28. The average Bonchev–Trinajstić information content (AvgIpc) is 3.19. The van der Waals surface area contributed by atoms with E-state index in [0.29, 0.717) is 0 Å². The molecule has 1 aromatic rings. The molecule has 2 amide bonds. The van der Waals surface area contributed by atoms with E-state index in [1.807, 2.05) is 4.90 Å². The van der Waals surface area contributed by atoms with Crippen LogP contribution >= 0.6 is 11.3 Å². The Morgan fingerprint density at radius 3 is 3.00 bits per heavy atom. The van der Waals surface area contributed by atoms with Crippen molar-refractivity contribution in [3.63, 3.8) is 0 Å². The van der Waals surface area contributed by atoms with E-state index in [1.165, 1.54) is 5.56 Å². The molecule has 122 valence electrons. The Labute approximate surface area is 136 Å². The van der Waals surface area contributed by atoms with Gasteiger partial charge in [0.1, 0.15) is 0 Å². The normalized spacial score (nSPS) is 24.4. The summed E-state index contributed by atoms with van der Waals surface area (Å²) in [6.45, 7) is 7.36. The average molecular weight is 323 g/mol. The van der Waals surface area contributed by atoms with Crippen molar-refractivity contribution in [1.82, 2.24) is 15.1 Å². The molecule has 22 heavy (non-hydrogen) atoms. The van der Waals surface area contributed by atoms with Crippen LogP contribution in [-0.2, 0) is 4.74 Å². The number of urea groups is 1. The van der Waals surface area contributed by atoms with Crippen LogP contribution in [0.5, 0.6) is 0 Å². The zero-order valence-corrected chi connectivity index (χ0v) is 14.0. The first-order chi connectivity index (χ1) is 10.7. The van der Waals surface area contributed by atoms with Gasteiger partial charge in [0, 0.05) is 32.2 Å². The molecule has 3 rings (SSSR count). The highest BCUT2D eigenvalue weighted by Crippen LogP contribution is 2.32. The number of nitrogens with one attached hydrogen (secondary N) is 1. The molecule has 0 bridgehead atoms. The number of hydrogen-bond acceptors (Lipinski definition) is 4. The third-order valence-electron chi connectivity index (χ3n) is 4.45. The molecule has 0 spiro atoms. The predicted molar refractivity (Wildman–Crippen MR) is 88.3 cm³/mol. The largest absolute Gasteiger partial charge is 0.379 e. The van der Waals surface area contributed by atoms with Crippen LogP contribution in [0.25, 0.3) is 0 Å². The zero-order chi connectivity index (χ0) is 15.4. The van der Waals surface area contributed by atoms with E-state index in [0.717, 1.165) is 52.2 Å². The van der Waals surface area contributed by atoms with E-state index in [1.54, 1.807) is 11.3 Å². The third kappa shape index (κ3) is 3.80. The fourth-order valence-corrected chi connectivity index (χ4v) is 4.04. The lowest BCUT2D eigenvalue weighted by atomic mass is 10.1. The summed E-state index contributed by atoms with van der Waals surface area (Å²) in [7, 11) is 0. The second-order valence-electron chi connectivity index (χ2n) is 6.17. The molecule has 2 aliphatic heterocycles. The lowest BCUT2D eigenvalue weighted by Crippen LogP contribution is -2.49. The number of nitrogens with zero attached hydrogens (tertiary/aromatic N) is 2. The standard InChI is InChI=1S/C16H25N3O2S/c1-13(11-18-6-8-21-9-7-18)17-16(20)19-5-2-3-15(19)14-4-10-22-12-14/h4,10,12-13,15H,2-3,5-9,11H2,1H3,(H,17,20)/t13-,15-/m1/s1. The monoisotopic (exact) mass is 323 g/mol. The minimum atomic E-state index is 0.0782. The van der Waals surface area contributed by atoms with Crippen LogP contribution in [0, 0.1) is 0 Å². The summed E-state index contributed by atoms with van der Waals surface area (Å²) < 4.78 is 5.36. The second kappa shape index (κ2) is 7.44. The molecule has 0 saturated carbocycles. The van der Waals surface area contributed by atoms with E-state index in [-0.39, 0.29) is 18.1 Å². The van der Waals surface area contributed by atoms with Gasteiger partial charge in [-0.15, -0.1) is 0 Å². The highest BCUT2D eigenvalue weighted by molar-refractivity contribution is 7.07. The van der Waals surface area contributed by atoms with Crippen molar-refractivity contribution >= 4 is 17.4 Å². The molecule has 6 heteroatoms. The van der Waals surface area contributed by atoms with Gasteiger partial charge < -0.3 is 15.0 Å². The summed E-state index contributed by atoms with van der Waals surface area (Å²) >= 11 is 1.70. The van der Waals surface area contributed by atoms with Crippen LogP contribution in [-0.4, -0.2) is 61.3 Å². The number of amides is 2. The minimum absolute atomic E-state index is 0.0782. The SMILES string of the molecule is C[C@H](CN1CCOCC1)NC(=O)N1CCC[C@@H]1c1ccsc1. The lowest BCUT2D eigenvalue weighted by molar-refractivity contribution is 0.0346. The molecule has 2 saturated heterocycles. The van der Waals surface area contributed by atoms with Crippen LogP contribution in [0.1, 0.15) is 31.4 Å². The molecule has 3 heterocycles. The smallest absolute Gasteiger partial charge is 0.318 e. The number of rotatable bonds is 4. The number of morpholine rings is 1. The Bertz CT molecular complexity index is 474. The van der Waals surface area contributed by atoms with E-state index in [2.05, 4.69) is 34.0 Å².